The zero-order valence-corrected chi connectivity index (χ0v) is 26.8. The summed E-state index contributed by atoms with van der Waals surface area (Å²) < 4.78 is 9.86. The summed E-state index contributed by atoms with van der Waals surface area (Å²) in [5, 5.41) is 48.0. The fourth-order valence-electron chi connectivity index (χ4n) is 6.56. The number of esters is 1. The van der Waals surface area contributed by atoms with Gasteiger partial charge in [0.05, 0.1) is 23.7 Å². The second-order valence-electron chi connectivity index (χ2n) is 13.4. The number of fused-ring (bicyclic) bond motifs is 3. The molecule has 1 saturated carbocycles. The number of benzene rings is 1. The largest absolute Gasteiger partial charge is 0.508 e. The Morgan fingerprint density at radius 1 is 1.09 bits per heavy atom. The maximum absolute atomic E-state index is 14.1. The van der Waals surface area contributed by atoms with Gasteiger partial charge in [-0.05, 0) is 49.9 Å². The van der Waals surface area contributed by atoms with Gasteiger partial charge in [0.1, 0.15) is 17.1 Å². The van der Waals surface area contributed by atoms with Gasteiger partial charge in [-0.15, -0.1) is 0 Å². The monoisotopic (exact) mass is 644 g/mol. The van der Waals surface area contributed by atoms with Gasteiger partial charge in [-0.2, -0.15) is 0 Å². The van der Waals surface area contributed by atoms with Gasteiger partial charge in [0.2, 0.25) is 12.6 Å². The lowest BCUT2D eigenvalue weighted by molar-refractivity contribution is -0.155. The number of hydrogen-bond donors (Lipinski definition) is 6. The molecule has 0 radical (unpaired) electrons. The Hall–Kier alpha value is -4.63. The van der Waals surface area contributed by atoms with E-state index in [9.17, 15) is 44.4 Å². The van der Waals surface area contributed by atoms with Crippen LogP contribution < -0.4 is 16.0 Å². The van der Waals surface area contributed by atoms with Gasteiger partial charge in [0.15, 0.2) is 17.1 Å². The van der Waals surface area contributed by atoms with Crippen LogP contribution in [0.2, 0.25) is 0 Å². The highest BCUT2D eigenvalue weighted by Gasteiger charge is 2.64. The first-order valence-electron chi connectivity index (χ1n) is 14.5. The minimum Gasteiger partial charge on any atom is -0.508 e. The Morgan fingerprint density at radius 3 is 2.26 bits per heavy atom. The van der Waals surface area contributed by atoms with E-state index < -0.39 is 82.6 Å². The number of rotatable bonds is 7. The molecule has 250 valence electrons. The molecule has 46 heavy (non-hydrogen) atoms. The van der Waals surface area contributed by atoms with Crippen LogP contribution in [0.3, 0.4) is 0 Å². The van der Waals surface area contributed by atoms with Crippen LogP contribution >= 0.6 is 0 Å². The number of aliphatic hydroxyl groups is 3. The normalized spacial score (nSPS) is 24.2. The van der Waals surface area contributed by atoms with E-state index in [0.29, 0.717) is 11.3 Å². The fourth-order valence-corrected chi connectivity index (χ4v) is 6.56. The molecule has 7 N–H and O–H groups in total. The molecule has 4 atom stereocenters. The maximum Gasteiger partial charge on any atom is 0.414 e. The summed E-state index contributed by atoms with van der Waals surface area (Å²) in [6.45, 7) is 4.82. The number of ether oxygens (including phenoxy) is 2. The van der Waals surface area contributed by atoms with Crippen molar-refractivity contribution in [2.45, 2.75) is 51.7 Å². The van der Waals surface area contributed by atoms with Crippen LogP contribution in [-0.4, -0.2) is 101 Å². The van der Waals surface area contributed by atoms with Crippen LogP contribution in [0.1, 0.15) is 44.7 Å². The molecule has 3 aliphatic carbocycles. The predicted molar refractivity (Wildman–Crippen MR) is 164 cm³/mol. The second-order valence-corrected chi connectivity index (χ2v) is 13.4. The Morgan fingerprint density at radius 2 is 1.72 bits per heavy atom. The quantitative estimate of drug-likeness (QED) is 0.107. The average molecular weight is 645 g/mol. The molecular formula is C31H40N4O11. The predicted octanol–water partition coefficient (Wildman–Crippen LogP) is 1.52. The first-order chi connectivity index (χ1) is 21.2. The number of primary amides is 1. The minimum atomic E-state index is -2.78. The number of aromatic hydroxyl groups is 1. The maximum atomic E-state index is 14.1. The third-order valence-corrected chi connectivity index (χ3v) is 8.50. The summed E-state index contributed by atoms with van der Waals surface area (Å²) in [5.41, 5.74) is 1.42. The van der Waals surface area contributed by atoms with E-state index in [2.05, 4.69) is 5.32 Å². The van der Waals surface area contributed by atoms with E-state index in [4.69, 9.17) is 15.2 Å². The van der Waals surface area contributed by atoms with Crippen molar-refractivity contribution in [3.8, 4) is 5.75 Å². The summed E-state index contributed by atoms with van der Waals surface area (Å²) >= 11 is 0. The summed E-state index contributed by atoms with van der Waals surface area (Å²) in [7, 11) is 6.40. The van der Waals surface area contributed by atoms with E-state index in [1.807, 2.05) is 20.8 Å². The highest BCUT2D eigenvalue weighted by molar-refractivity contribution is 6.24. The number of nitrogens with zero attached hydrogens (tertiary/aromatic N) is 2. The lowest BCUT2D eigenvalue weighted by atomic mass is 9.57. The van der Waals surface area contributed by atoms with E-state index in [1.54, 1.807) is 19.0 Å². The Labute approximate surface area is 265 Å². The van der Waals surface area contributed by atoms with Gasteiger partial charge in [0, 0.05) is 31.3 Å². The summed E-state index contributed by atoms with van der Waals surface area (Å²) in [4.78, 5) is 67.1. The number of nitrogens with two attached hydrogens (primary N) is 1. The number of Topliss-reactive ketones (excluding diaryl/α,β-unsaturated/α-hetero) is 2. The van der Waals surface area contributed by atoms with Gasteiger partial charge in [-0.1, -0.05) is 20.8 Å². The van der Waals surface area contributed by atoms with Crippen LogP contribution in [0, 0.1) is 17.3 Å². The summed E-state index contributed by atoms with van der Waals surface area (Å²) in [6, 6.07) is 0.227. The first-order valence-corrected chi connectivity index (χ1v) is 14.5. The van der Waals surface area contributed by atoms with Crippen molar-refractivity contribution < 1.29 is 53.9 Å². The molecule has 15 heteroatoms. The van der Waals surface area contributed by atoms with Crippen LogP contribution in [0.5, 0.6) is 5.75 Å². The molecule has 3 aliphatic rings. The molecular weight excluding hydrogens is 604 g/mol. The zero-order valence-electron chi connectivity index (χ0n) is 26.8. The molecule has 0 bridgehead atoms. The SMILES string of the molecule is CN(C)c1cc(NC(=O)OCOC(=O)CC(C)(C)C)c(O)c2c1C[C@H]1C[C@H]3[C@H](N(C)C)C(=O)C(C(N)=O)=C(O)[C@@]3(O)C(=O)C1=C2O. The standard InChI is InChI=1S/C31H40N4O11/c1-30(2,3)11-18(36)45-12-46-29(43)33-16-10-17(34(4)5)14-8-13-9-15-22(35(6)7)25(39)21(28(32)42)27(41)31(15,44)26(40)19(13)24(38)20(14)23(16)37/h10,13,15,22,37-38,41,44H,8-9,11-12H2,1-7H3,(H2,32,42)(H,33,43)/t13-,15-,22-,31-/m0/s1. The molecule has 4 rings (SSSR count). The first kappa shape index (κ1) is 34.2. The smallest absolute Gasteiger partial charge is 0.414 e. The van der Waals surface area contributed by atoms with Gasteiger partial charge >= 0.3 is 12.1 Å². The Bertz CT molecular complexity index is 1590. The molecule has 0 aromatic heterocycles. The Kier molecular flexibility index (Phi) is 8.89. The van der Waals surface area contributed by atoms with Crippen LogP contribution in [0.25, 0.3) is 5.76 Å². The number of aliphatic hydroxyl groups excluding tert-OH is 2. The lowest BCUT2D eigenvalue weighted by Gasteiger charge is -2.50. The molecule has 0 unspecified atom stereocenters. The van der Waals surface area contributed by atoms with Crippen molar-refractivity contribution in [3.05, 3.63) is 34.1 Å². The molecule has 15 nitrogen and oxygen atoms in total. The van der Waals surface area contributed by atoms with Crippen molar-refractivity contribution in [1.82, 2.24) is 4.90 Å². The number of ketones is 2. The highest BCUT2D eigenvalue weighted by Crippen LogP contribution is 2.54. The highest BCUT2D eigenvalue weighted by atomic mass is 16.7. The summed E-state index contributed by atoms with van der Waals surface area (Å²) in [5.74, 6) is -8.44. The number of carbonyl (C=O) groups is 5. The lowest BCUT2D eigenvalue weighted by Crippen LogP contribution is -2.65. The fraction of sp³-hybridized carbons (Fsp3) is 0.516. The zero-order chi connectivity index (χ0) is 34.6. The van der Waals surface area contributed by atoms with Crippen molar-refractivity contribution in [1.29, 1.82) is 0 Å². The number of phenolic OH excluding ortho intramolecular Hbond substituents is 1. The number of hydrogen-bond acceptors (Lipinski definition) is 13. The van der Waals surface area contributed by atoms with Gasteiger partial charge in [0.25, 0.3) is 5.91 Å². The van der Waals surface area contributed by atoms with Gasteiger partial charge in [-0.3, -0.25) is 29.4 Å². The molecule has 2 amide bonds. The number of amides is 2. The Balaban J connectivity index is 1.75. The van der Waals surface area contributed by atoms with Crippen LogP contribution in [-0.2, 0) is 35.1 Å². The minimum absolute atomic E-state index is 0.0596. The van der Waals surface area contributed by atoms with Crippen LogP contribution in [0.15, 0.2) is 23.0 Å². The van der Waals surface area contributed by atoms with E-state index in [-0.39, 0.29) is 41.5 Å². The van der Waals surface area contributed by atoms with Gasteiger partial charge in [-0.25, -0.2) is 4.79 Å². The molecule has 0 heterocycles. The molecule has 1 fully saturated rings. The number of nitrogens with one attached hydrogen (secondary N) is 1. The number of phenols is 1. The van der Waals surface area contributed by atoms with E-state index in [1.165, 1.54) is 25.1 Å². The molecule has 0 aliphatic heterocycles. The van der Waals surface area contributed by atoms with Crippen molar-refractivity contribution in [2.75, 3.05) is 45.2 Å². The third kappa shape index (κ3) is 5.75. The summed E-state index contributed by atoms with van der Waals surface area (Å²) in [6.07, 6.45) is -1.02. The third-order valence-electron chi connectivity index (χ3n) is 8.50. The van der Waals surface area contributed by atoms with E-state index >= 15 is 0 Å². The average Bonchev–Trinajstić information content (AvgIpc) is 2.90. The molecule has 0 spiro atoms. The molecule has 1 aromatic carbocycles. The second kappa shape index (κ2) is 11.9. The van der Waals surface area contributed by atoms with Crippen LogP contribution in [0.4, 0.5) is 16.2 Å². The topological polar surface area (TPSA) is 229 Å². The molecule has 1 aromatic rings. The number of anilines is 2. The van der Waals surface area contributed by atoms with Crippen molar-refractivity contribution >= 4 is 46.7 Å². The number of carbonyl (C=O) groups excluding carboxylic acids is 5. The number of likely N-dealkylation sites (N-methyl/N-ethyl adjacent to an activating group) is 1. The van der Waals surface area contributed by atoms with E-state index in [0.717, 1.165) is 0 Å². The van der Waals surface area contributed by atoms with Crippen molar-refractivity contribution in [2.24, 2.45) is 23.0 Å². The van der Waals surface area contributed by atoms with Gasteiger partial charge < -0.3 is 40.5 Å². The van der Waals surface area contributed by atoms with Crippen molar-refractivity contribution in [3.63, 3.8) is 0 Å². The molecule has 0 saturated heterocycles.